The van der Waals surface area contributed by atoms with Gasteiger partial charge in [-0.15, -0.1) is 24.0 Å². The highest BCUT2D eigenvalue weighted by Crippen LogP contribution is 2.19. The van der Waals surface area contributed by atoms with Crippen LogP contribution in [0.2, 0.25) is 0 Å². The molecule has 3 aromatic rings. The molecule has 0 aliphatic carbocycles. The fourth-order valence-electron chi connectivity index (χ4n) is 2.79. The van der Waals surface area contributed by atoms with E-state index >= 15 is 0 Å². The number of hydrogen-bond acceptors (Lipinski definition) is 4. The second kappa shape index (κ2) is 10.4. The molecule has 0 saturated heterocycles. The van der Waals surface area contributed by atoms with Crippen LogP contribution in [0.1, 0.15) is 37.0 Å². The van der Waals surface area contributed by atoms with Crippen molar-refractivity contribution in [1.82, 2.24) is 25.8 Å². The Kier molecular flexibility index (Phi) is 8.21. The summed E-state index contributed by atoms with van der Waals surface area (Å²) >= 11 is 0. The molecule has 0 bridgehead atoms. The van der Waals surface area contributed by atoms with Gasteiger partial charge in [0, 0.05) is 49.6 Å². The van der Waals surface area contributed by atoms with Crippen molar-refractivity contribution in [2.75, 3.05) is 20.1 Å². The van der Waals surface area contributed by atoms with E-state index in [2.05, 4.69) is 30.8 Å². The number of benzene rings is 1. The summed E-state index contributed by atoms with van der Waals surface area (Å²) in [4.78, 5) is 11.7. The maximum Gasteiger partial charge on any atom is 0.228 e. The summed E-state index contributed by atoms with van der Waals surface area (Å²) in [5.41, 5.74) is 2.01. The quantitative estimate of drug-likeness (QED) is 0.263. The SMILES string of the molecule is CN=C(NCCc1nc(C(C)C)no1)NCCc1c[nH]c2ccc(F)cc12.I. The van der Waals surface area contributed by atoms with E-state index in [0.29, 0.717) is 31.4 Å². The number of fused-ring (bicyclic) bond motifs is 1. The fourth-order valence-corrected chi connectivity index (χ4v) is 2.79. The average molecular weight is 500 g/mol. The van der Waals surface area contributed by atoms with Gasteiger partial charge in [-0.1, -0.05) is 19.0 Å². The van der Waals surface area contributed by atoms with Crippen LogP contribution < -0.4 is 10.6 Å². The zero-order chi connectivity index (χ0) is 19.2. The average Bonchev–Trinajstić information content (AvgIpc) is 3.27. The molecule has 28 heavy (non-hydrogen) atoms. The van der Waals surface area contributed by atoms with Crippen LogP contribution in [-0.4, -0.2) is 41.2 Å². The van der Waals surface area contributed by atoms with Crippen LogP contribution in [0.25, 0.3) is 10.9 Å². The van der Waals surface area contributed by atoms with Crippen molar-refractivity contribution < 1.29 is 8.91 Å². The predicted octanol–water partition coefficient (Wildman–Crippen LogP) is 3.38. The zero-order valence-corrected chi connectivity index (χ0v) is 18.6. The van der Waals surface area contributed by atoms with E-state index in [4.69, 9.17) is 4.52 Å². The second-order valence-corrected chi connectivity index (χ2v) is 6.63. The van der Waals surface area contributed by atoms with Crippen molar-refractivity contribution in [2.45, 2.75) is 32.6 Å². The van der Waals surface area contributed by atoms with Crippen LogP contribution in [0.3, 0.4) is 0 Å². The molecule has 0 atom stereocenters. The molecule has 0 saturated carbocycles. The van der Waals surface area contributed by atoms with Crippen molar-refractivity contribution in [3.05, 3.63) is 47.5 Å². The molecule has 0 aliphatic rings. The smallest absolute Gasteiger partial charge is 0.228 e. The topological polar surface area (TPSA) is 91.1 Å². The Morgan fingerprint density at radius 3 is 2.68 bits per heavy atom. The first-order valence-electron chi connectivity index (χ1n) is 9.09. The lowest BCUT2D eigenvalue weighted by Crippen LogP contribution is -2.39. The molecular weight excluding hydrogens is 474 g/mol. The number of aromatic nitrogens is 3. The summed E-state index contributed by atoms with van der Waals surface area (Å²) in [6.07, 6.45) is 3.30. The lowest BCUT2D eigenvalue weighted by molar-refractivity contribution is 0.371. The summed E-state index contributed by atoms with van der Waals surface area (Å²) in [6.45, 7) is 5.38. The molecular formula is C19H26FIN6O. The molecule has 2 heterocycles. The number of guanidine groups is 1. The number of nitrogens with one attached hydrogen (secondary N) is 3. The zero-order valence-electron chi connectivity index (χ0n) is 16.3. The standard InChI is InChI=1S/C19H25FN6O.HI/c1-12(2)18-25-17(27-26-18)7-9-23-19(21-3)22-8-6-13-11-24-16-5-4-14(20)10-15(13)16;/h4-5,10-12,24H,6-9H2,1-3H3,(H2,21,22,23);1H. The van der Waals surface area contributed by atoms with Gasteiger partial charge in [-0.25, -0.2) is 4.39 Å². The van der Waals surface area contributed by atoms with E-state index in [9.17, 15) is 4.39 Å². The molecule has 0 unspecified atom stereocenters. The first kappa shape index (κ1) is 22.1. The van der Waals surface area contributed by atoms with Gasteiger partial charge in [-0.2, -0.15) is 4.98 Å². The molecule has 3 N–H and O–H groups in total. The Hall–Kier alpha value is -2.17. The third kappa shape index (κ3) is 5.66. The first-order valence-corrected chi connectivity index (χ1v) is 9.09. The second-order valence-electron chi connectivity index (χ2n) is 6.63. The maximum atomic E-state index is 13.4. The van der Waals surface area contributed by atoms with Gasteiger partial charge in [0.05, 0.1) is 0 Å². The minimum Gasteiger partial charge on any atom is -0.361 e. The maximum absolute atomic E-state index is 13.4. The highest BCUT2D eigenvalue weighted by Gasteiger charge is 2.10. The number of aromatic amines is 1. The molecule has 0 spiro atoms. The summed E-state index contributed by atoms with van der Waals surface area (Å²) in [7, 11) is 1.72. The minimum atomic E-state index is -0.226. The van der Waals surface area contributed by atoms with Gasteiger partial charge >= 0.3 is 0 Å². The fraction of sp³-hybridized carbons (Fsp3) is 0.421. The third-order valence-corrected chi connectivity index (χ3v) is 4.27. The summed E-state index contributed by atoms with van der Waals surface area (Å²) in [5.74, 6) is 2.06. The van der Waals surface area contributed by atoms with Gasteiger partial charge in [0.2, 0.25) is 5.89 Å². The predicted molar refractivity (Wildman–Crippen MR) is 119 cm³/mol. The van der Waals surface area contributed by atoms with Crippen LogP contribution in [0.15, 0.2) is 33.9 Å². The van der Waals surface area contributed by atoms with E-state index in [1.807, 2.05) is 20.0 Å². The number of H-pyrrole nitrogens is 1. The van der Waals surface area contributed by atoms with Crippen LogP contribution >= 0.6 is 24.0 Å². The minimum absolute atomic E-state index is 0. The summed E-state index contributed by atoms with van der Waals surface area (Å²) < 4.78 is 18.7. The summed E-state index contributed by atoms with van der Waals surface area (Å²) in [6, 6.07) is 4.77. The van der Waals surface area contributed by atoms with Crippen molar-refractivity contribution in [3.63, 3.8) is 0 Å². The van der Waals surface area contributed by atoms with Crippen LogP contribution in [0.4, 0.5) is 4.39 Å². The molecule has 0 amide bonds. The molecule has 9 heteroatoms. The van der Waals surface area contributed by atoms with Gasteiger partial charge in [-0.3, -0.25) is 4.99 Å². The summed E-state index contributed by atoms with van der Waals surface area (Å²) in [5, 5.41) is 11.4. The van der Waals surface area contributed by atoms with E-state index in [1.165, 1.54) is 6.07 Å². The van der Waals surface area contributed by atoms with Crippen molar-refractivity contribution in [3.8, 4) is 0 Å². The van der Waals surface area contributed by atoms with E-state index in [-0.39, 0.29) is 35.7 Å². The molecule has 3 rings (SSSR count). The van der Waals surface area contributed by atoms with Crippen molar-refractivity contribution in [2.24, 2.45) is 4.99 Å². The normalized spacial score (nSPS) is 11.7. The lowest BCUT2D eigenvalue weighted by atomic mass is 10.1. The Morgan fingerprint density at radius 2 is 2.00 bits per heavy atom. The van der Waals surface area contributed by atoms with E-state index < -0.39 is 0 Å². The van der Waals surface area contributed by atoms with Gasteiger partial charge in [0.25, 0.3) is 0 Å². The number of rotatable bonds is 7. The lowest BCUT2D eigenvalue weighted by Gasteiger charge is -2.10. The molecule has 2 aromatic heterocycles. The van der Waals surface area contributed by atoms with E-state index in [1.54, 1.807) is 19.2 Å². The van der Waals surface area contributed by atoms with Crippen molar-refractivity contribution in [1.29, 1.82) is 0 Å². The molecule has 152 valence electrons. The Balaban J connectivity index is 0.00000280. The Bertz CT molecular complexity index is 920. The molecule has 0 aliphatic heterocycles. The highest BCUT2D eigenvalue weighted by atomic mass is 127. The number of halogens is 2. The number of aliphatic imine (C=N–C) groups is 1. The van der Waals surface area contributed by atoms with Crippen LogP contribution in [0, 0.1) is 5.82 Å². The van der Waals surface area contributed by atoms with Crippen LogP contribution in [0.5, 0.6) is 0 Å². The number of nitrogens with zero attached hydrogens (tertiary/aromatic N) is 3. The largest absolute Gasteiger partial charge is 0.361 e. The highest BCUT2D eigenvalue weighted by molar-refractivity contribution is 14.0. The molecule has 1 aromatic carbocycles. The van der Waals surface area contributed by atoms with Gasteiger partial charge in [0.1, 0.15) is 5.82 Å². The van der Waals surface area contributed by atoms with E-state index in [0.717, 1.165) is 28.7 Å². The molecule has 7 nitrogen and oxygen atoms in total. The van der Waals surface area contributed by atoms with Crippen molar-refractivity contribution >= 4 is 40.8 Å². The molecule has 0 radical (unpaired) electrons. The number of hydrogen-bond donors (Lipinski definition) is 3. The van der Waals surface area contributed by atoms with Gasteiger partial charge < -0.3 is 20.1 Å². The monoisotopic (exact) mass is 500 g/mol. The Morgan fingerprint density at radius 1 is 1.25 bits per heavy atom. The third-order valence-electron chi connectivity index (χ3n) is 4.27. The van der Waals surface area contributed by atoms with Gasteiger partial charge in [-0.05, 0) is 30.2 Å². The Labute approximate surface area is 180 Å². The first-order chi connectivity index (χ1) is 13.1. The molecule has 0 fully saturated rings. The van der Waals surface area contributed by atoms with Crippen LogP contribution in [-0.2, 0) is 12.8 Å². The van der Waals surface area contributed by atoms with Gasteiger partial charge in [0.15, 0.2) is 11.8 Å².